The molecule has 0 radical (unpaired) electrons. The molecule has 2 aromatic heterocycles. The number of amides is 4. The molecule has 2 aliphatic rings. The number of nitrogens with zero attached hydrogens (tertiary/aromatic N) is 3. The van der Waals surface area contributed by atoms with E-state index in [1.807, 2.05) is 137 Å². The molecule has 4 N–H and O–H groups in total. The SMILES string of the molecule is COc1cc(-c2cc(-c3ccccc3)nc3c2CC(=O)Nc2ccccc2-3)ccc1OCCCCCCCCCC(=O)N[C@H](C(=O)N1C[C@H](O)C[C@H]1C(=O)N[C@@H](C)c1ccc(-c2scnc2C)cc1)C(C)(C)C. The van der Waals surface area contributed by atoms with Crippen LogP contribution in [0.2, 0.25) is 0 Å². The van der Waals surface area contributed by atoms with Gasteiger partial charge in [0.1, 0.15) is 12.1 Å². The largest absolute Gasteiger partial charge is 0.493 e. The van der Waals surface area contributed by atoms with E-state index in [9.17, 15) is 24.3 Å². The Morgan fingerprint density at radius 3 is 2.25 bits per heavy atom. The first kappa shape index (κ1) is 52.4. The normalized spacial score (nSPS) is 16.1. The number of carbonyl (C=O) groups excluding carboxylic acids is 4. The number of pyridine rings is 1. The van der Waals surface area contributed by atoms with E-state index in [4.69, 9.17) is 14.5 Å². The van der Waals surface area contributed by atoms with Crippen molar-refractivity contribution < 1.29 is 33.8 Å². The molecule has 8 rings (SSSR count). The minimum atomic E-state index is -0.867. The molecule has 14 heteroatoms. The molecule has 0 bridgehead atoms. The molecule has 0 unspecified atom stereocenters. The first-order chi connectivity index (χ1) is 35.2. The molecule has 4 atom stereocenters. The number of aliphatic hydroxyl groups excluding tert-OH is 1. The van der Waals surface area contributed by atoms with E-state index in [1.165, 1.54) is 4.90 Å². The molecule has 1 saturated heterocycles. The standard InChI is InChI=1S/C59H68N6O7S/c1-37(39-24-26-41(27-25-39)55-38(2)60-36-73-55)61-57(69)49-32-43(66)35-65(49)58(70)56(59(3,4)5)64-52(67)23-15-10-8-7-9-11-18-30-72-50-29-28-42(31-51(50)71-6)45-33-48(40-19-13-12-14-20-40)63-54-44-21-16-17-22-47(44)62-53(68)34-46(45)54/h12-14,16-17,19-22,24-29,31,33,36-37,43,49,56,66H,7-11,15,18,23,30,32,34-35H2,1-6H3,(H,61,69)(H,62,68)(H,64,67)/t37-,43+,49-,56+/m0/s1. The van der Waals surface area contributed by atoms with Crippen LogP contribution in [-0.2, 0) is 25.6 Å². The van der Waals surface area contributed by atoms with Crippen LogP contribution in [-0.4, -0.2) is 82.1 Å². The smallest absolute Gasteiger partial charge is 0.246 e. The third-order valence-electron chi connectivity index (χ3n) is 13.8. The summed E-state index contributed by atoms with van der Waals surface area (Å²) in [5, 5.41) is 19.8. The third-order valence-corrected chi connectivity index (χ3v) is 14.8. The van der Waals surface area contributed by atoms with Gasteiger partial charge < -0.3 is 35.4 Å². The van der Waals surface area contributed by atoms with Gasteiger partial charge in [-0.15, -0.1) is 11.3 Å². The monoisotopic (exact) mass is 1000 g/mol. The summed E-state index contributed by atoms with van der Waals surface area (Å²) < 4.78 is 12.1. The lowest BCUT2D eigenvalue weighted by molar-refractivity contribution is -0.144. The molecule has 4 heterocycles. The maximum absolute atomic E-state index is 14.2. The van der Waals surface area contributed by atoms with Crippen molar-refractivity contribution in [2.75, 3.05) is 25.6 Å². The van der Waals surface area contributed by atoms with Crippen LogP contribution >= 0.6 is 11.3 Å². The molecule has 0 saturated carbocycles. The number of aliphatic hydroxyl groups is 1. The highest BCUT2D eigenvalue weighted by Gasteiger charge is 2.44. The Hall–Kier alpha value is -6.90. The quantitative estimate of drug-likeness (QED) is 0.0543. The topological polar surface area (TPSA) is 172 Å². The lowest BCUT2D eigenvalue weighted by Crippen LogP contribution is -2.57. The number of likely N-dealkylation sites (tertiary alicyclic amines) is 1. The number of nitrogens with one attached hydrogen (secondary N) is 3. The van der Waals surface area contributed by atoms with Gasteiger partial charge in [0.2, 0.25) is 23.6 Å². The number of thiazole rings is 1. The van der Waals surface area contributed by atoms with Crippen molar-refractivity contribution in [1.29, 1.82) is 0 Å². The number of hydrogen-bond acceptors (Lipinski definition) is 10. The Bertz CT molecular complexity index is 2900. The minimum absolute atomic E-state index is 0.0224. The number of ether oxygens (including phenoxy) is 2. The Balaban J connectivity index is 0.777. The van der Waals surface area contributed by atoms with Crippen LogP contribution < -0.4 is 25.4 Å². The number of para-hydroxylation sites is 1. The lowest BCUT2D eigenvalue weighted by atomic mass is 9.85. The summed E-state index contributed by atoms with van der Waals surface area (Å²) in [5.41, 5.74) is 11.0. The molecule has 4 aromatic carbocycles. The number of rotatable bonds is 20. The molecule has 73 heavy (non-hydrogen) atoms. The second-order valence-corrected chi connectivity index (χ2v) is 21.2. The fraction of sp³-hybridized carbons (Fsp3) is 0.390. The third kappa shape index (κ3) is 12.8. The van der Waals surface area contributed by atoms with E-state index in [2.05, 4.69) is 27.0 Å². The fourth-order valence-electron chi connectivity index (χ4n) is 9.80. The number of aryl methyl sites for hydroxylation is 1. The van der Waals surface area contributed by atoms with Crippen LogP contribution in [0, 0.1) is 12.3 Å². The highest BCUT2D eigenvalue weighted by molar-refractivity contribution is 7.13. The van der Waals surface area contributed by atoms with Crippen molar-refractivity contribution in [2.45, 2.75) is 123 Å². The summed E-state index contributed by atoms with van der Waals surface area (Å²) >= 11 is 1.58. The molecular formula is C59H68N6O7S. The number of β-amino-alcohol motifs (C(OH)–C–C–N with tert-alkyl or cyclic N) is 1. The molecule has 13 nitrogen and oxygen atoms in total. The Morgan fingerprint density at radius 1 is 0.836 bits per heavy atom. The summed E-state index contributed by atoms with van der Waals surface area (Å²) in [6.45, 7) is 10.1. The van der Waals surface area contributed by atoms with E-state index >= 15 is 0 Å². The predicted octanol–water partition coefficient (Wildman–Crippen LogP) is 10.9. The van der Waals surface area contributed by atoms with Crippen molar-refractivity contribution in [2.24, 2.45) is 5.41 Å². The van der Waals surface area contributed by atoms with Gasteiger partial charge >= 0.3 is 0 Å². The Morgan fingerprint density at radius 2 is 1.53 bits per heavy atom. The number of unbranched alkanes of at least 4 members (excludes halogenated alkanes) is 6. The van der Waals surface area contributed by atoms with Crippen LogP contribution in [0.3, 0.4) is 0 Å². The van der Waals surface area contributed by atoms with E-state index in [-0.39, 0.29) is 49.1 Å². The summed E-state index contributed by atoms with van der Waals surface area (Å²) in [7, 11) is 1.64. The second kappa shape index (κ2) is 23.8. The number of anilines is 1. The molecule has 4 amide bonds. The molecular weight excluding hydrogens is 937 g/mol. The highest BCUT2D eigenvalue weighted by atomic mass is 32.1. The minimum Gasteiger partial charge on any atom is -0.493 e. The molecule has 382 valence electrons. The summed E-state index contributed by atoms with van der Waals surface area (Å²) in [6, 6.07) is 31.8. The number of hydrogen-bond donors (Lipinski definition) is 4. The van der Waals surface area contributed by atoms with Crippen molar-refractivity contribution in [3.63, 3.8) is 0 Å². The van der Waals surface area contributed by atoms with Gasteiger partial charge in [-0.2, -0.15) is 0 Å². The fourth-order valence-corrected chi connectivity index (χ4v) is 10.6. The van der Waals surface area contributed by atoms with Gasteiger partial charge in [0.25, 0.3) is 0 Å². The van der Waals surface area contributed by atoms with Crippen LogP contribution in [0.1, 0.15) is 108 Å². The first-order valence-electron chi connectivity index (χ1n) is 25.6. The van der Waals surface area contributed by atoms with Crippen LogP contribution in [0.25, 0.3) is 44.1 Å². The van der Waals surface area contributed by atoms with Gasteiger partial charge in [-0.1, -0.05) is 132 Å². The maximum Gasteiger partial charge on any atom is 0.246 e. The average molecular weight is 1010 g/mol. The van der Waals surface area contributed by atoms with Crippen LogP contribution in [0.4, 0.5) is 5.69 Å². The zero-order valence-electron chi connectivity index (χ0n) is 42.8. The van der Waals surface area contributed by atoms with Crippen molar-refractivity contribution in [1.82, 2.24) is 25.5 Å². The van der Waals surface area contributed by atoms with Gasteiger partial charge in [-0.05, 0) is 84.2 Å². The lowest BCUT2D eigenvalue weighted by Gasteiger charge is -2.35. The van der Waals surface area contributed by atoms with E-state index in [0.717, 1.165) is 105 Å². The van der Waals surface area contributed by atoms with Gasteiger partial charge in [-0.25, -0.2) is 9.97 Å². The first-order valence-corrected chi connectivity index (χ1v) is 26.4. The Labute approximate surface area is 433 Å². The number of benzene rings is 4. The molecule has 0 spiro atoms. The van der Waals surface area contributed by atoms with Gasteiger partial charge in [0.05, 0.1) is 65.4 Å². The van der Waals surface area contributed by atoms with Gasteiger partial charge in [0, 0.05) is 30.5 Å². The van der Waals surface area contributed by atoms with Crippen LogP contribution in [0.15, 0.2) is 109 Å². The van der Waals surface area contributed by atoms with Crippen molar-refractivity contribution in [3.05, 3.63) is 125 Å². The zero-order chi connectivity index (χ0) is 51.6. The summed E-state index contributed by atoms with van der Waals surface area (Å²) in [5.74, 6) is 0.262. The van der Waals surface area contributed by atoms with Gasteiger partial charge in [-0.3, -0.25) is 19.2 Å². The van der Waals surface area contributed by atoms with Gasteiger partial charge in [0.15, 0.2) is 11.5 Å². The highest BCUT2D eigenvalue weighted by Crippen LogP contribution is 2.42. The number of methoxy groups -OCH3 is 1. The van der Waals surface area contributed by atoms with E-state index < -0.39 is 23.6 Å². The molecule has 2 aliphatic heterocycles. The maximum atomic E-state index is 14.2. The zero-order valence-corrected chi connectivity index (χ0v) is 43.7. The average Bonchev–Trinajstić information content (AvgIpc) is 3.97. The number of carbonyl (C=O) groups is 4. The number of fused-ring (bicyclic) bond motifs is 3. The van der Waals surface area contributed by atoms with Crippen molar-refractivity contribution in [3.8, 4) is 55.6 Å². The summed E-state index contributed by atoms with van der Waals surface area (Å²) in [4.78, 5) is 66.4. The Kier molecular flexibility index (Phi) is 17.1. The summed E-state index contributed by atoms with van der Waals surface area (Å²) in [6.07, 6.45) is 6.26. The number of aromatic nitrogens is 2. The van der Waals surface area contributed by atoms with Crippen molar-refractivity contribution >= 4 is 40.7 Å². The molecule has 1 fully saturated rings. The molecule has 6 aromatic rings. The van der Waals surface area contributed by atoms with Crippen LogP contribution in [0.5, 0.6) is 11.5 Å². The molecule has 0 aliphatic carbocycles. The predicted molar refractivity (Wildman–Crippen MR) is 288 cm³/mol. The van der Waals surface area contributed by atoms with E-state index in [0.29, 0.717) is 30.9 Å². The second-order valence-electron chi connectivity index (χ2n) is 20.3. The van der Waals surface area contributed by atoms with E-state index in [1.54, 1.807) is 18.4 Å².